The highest BCUT2D eigenvalue weighted by Gasteiger charge is 2.24. The molecule has 25 heavy (non-hydrogen) atoms. The fourth-order valence-electron chi connectivity index (χ4n) is 2.91. The van der Waals surface area contributed by atoms with E-state index >= 15 is 0 Å². The van der Waals surface area contributed by atoms with Crippen LogP contribution >= 0.6 is 24.0 Å². The quantitative estimate of drug-likeness (QED) is 0.371. The van der Waals surface area contributed by atoms with Crippen molar-refractivity contribution in [1.82, 2.24) is 20.0 Å². The molecular formula is C16H32IN5O3. The monoisotopic (exact) mass is 469 g/mol. The van der Waals surface area contributed by atoms with Crippen molar-refractivity contribution in [2.45, 2.75) is 20.0 Å². The number of hydrogen-bond donors (Lipinski definition) is 1. The normalized spacial score (nSPS) is 22.4. The summed E-state index contributed by atoms with van der Waals surface area (Å²) >= 11 is 0. The number of halogens is 1. The molecule has 0 radical (unpaired) electrons. The van der Waals surface area contributed by atoms with Gasteiger partial charge in [-0.25, -0.2) is 4.79 Å². The van der Waals surface area contributed by atoms with E-state index in [4.69, 9.17) is 14.5 Å². The van der Waals surface area contributed by atoms with Gasteiger partial charge in [-0.05, 0) is 20.9 Å². The highest BCUT2D eigenvalue weighted by Crippen LogP contribution is 2.07. The number of ether oxygens (including phenoxy) is 2. The van der Waals surface area contributed by atoms with Crippen molar-refractivity contribution < 1.29 is 14.3 Å². The fraction of sp³-hybridized carbons (Fsp3) is 0.875. The molecule has 2 saturated heterocycles. The molecule has 0 aromatic heterocycles. The van der Waals surface area contributed by atoms with Crippen molar-refractivity contribution in [2.75, 3.05) is 72.6 Å². The molecular weight excluding hydrogens is 437 g/mol. The van der Waals surface area contributed by atoms with Crippen molar-refractivity contribution in [3.63, 3.8) is 0 Å². The molecule has 2 aliphatic heterocycles. The van der Waals surface area contributed by atoms with Crippen LogP contribution in [-0.4, -0.2) is 105 Å². The second-order valence-electron chi connectivity index (χ2n) is 6.12. The van der Waals surface area contributed by atoms with Gasteiger partial charge in [-0.2, -0.15) is 0 Å². The van der Waals surface area contributed by atoms with Crippen LogP contribution in [-0.2, 0) is 9.47 Å². The highest BCUT2D eigenvalue weighted by molar-refractivity contribution is 14.0. The smallest absolute Gasteiger partial charge is 0.409 e. The molecule has 9 heteroatoms. The van der Waals surface area contributed by atoms with Gasteiger partial charge in [-0.3, -0.25) is 4.99 Å². The number of morpholine rings is 1. The minimum absolute atomic E-state index is 0. The number of piperazine rings is 1. The van der Waals surface area contributed by atoms with E-state index in [0.29, 0.717) is 26.2 Å². The molecule has 2 rings (SSSR count). The Morgan fingerprint density at radius 1 is 1.20 bits per heavy atom. The maximum absolute atomic E-state index is 11.8. The van der Waals surface area contributed by atoms with Gasteiger partial charge in [-0.1, -0.05) is 0 Å². The summed E-state index contributed by atoms with van der Waals surface area (Å²) in [4.78, 5) is 22.8. The first-order chi connectivity index (χ1) is 11.6. The SMILES string of the molecule is CCNC(=NCC1CN(C)CCO1)N1CCN(C(=O)OCC)CC1.I. The predicted octanol–water partition coefficient (Wildman–Crippen LogP) is 0.675. The lowest BCUT2D eigenvalue weighted by atomic mass is 10.3. The number of guanidine groups is 1. The molecule has 2 aliphatic rings. The van der Waals surface area contributed by atoms with Gasteiger partial charge in [0.15, 0.2) is 5.96 Å². The summed E-state index contributed by atoms with van der Waals surface area (Å²) in [5.74, 6) is 0.901. The second-order valence-corrected chi connectivity index (χ2v) is 6.12. The van der Waals surface area contributed by atoms with Gasteiger partial charge < -0.3 is 29.5 Å². The van der Waals surface area contributed by atoms with Crippen LogP contribution in [0, 0.1) is 0 Å². The number of rotatable bonds is 4. The van der Waals surface area contributed by atoms with E-state index in [1.54, 1.807) is 4.90 Å². The molecule has 2 heterocycles. The molecule has 2 fully saturated rings. The number of amides is 1. The van der Waals surface area contributed by atoms with Crippen molar-refractivity contribution >= 4 is 36.0 Å². The van der Waals surface area contributed by atoms with Crippen molar-refractivity contribution in [3.05, 3.63) is 0 Å². The van der Waals surface area contributed by atoms with Crippen LogP contribution in [0.1, 0.15) is 13.8 Å². The number of hydrogen-bond acceptors (Lipinski definition) is 5. The Labute approximate surface area is 167 Å². The maximum Gasteiger partial charge on any atom is 0.409 e. The van der Waals surface area contributed by atoms with E-state index in [1.165, 1.54) is 0 Å². The Balaban J connectivity index is 0.00000312. The first-order valence-corrected chi connectivity index (χ1v) is 8.89. The predicted molar refractivity (Wildman–Crippen MR) is 109 cm³/mol. The summed E-state index contributed by atoms with van der Waals surface area (Å²) in [6, 6.07) is 0. The molecule has 1 amide bonds. The van der Waals surface area contributed by atoms with E-state index in [9.17, 15) is 4.79 Å². The van der Waals surface area contributed by atoms with Gasteiger partial charge in [0, 0.05) is 45.8 Å². The number of nitrogens with one attached hydrogen (secondary N) is 1. The Kier molecular flexibility index (Phi) is 10.4. The number of likely N-dealkylation sites (N-methyl/N-ethyl adjacent to an activating group) is 1. The second kappa shape index (κ2) is 11.7. The van der Waals surface area contributed by atoms with Crippen LogP contribution in [0.4, 0.5) is 4.79 Å². The number of carbonyl (C=O) groups excluding carboxylic acids is 1. The molecule has 0 spiro atoms. The van der Waals surface area contributed by atoms with Crippen LogP contribution < -0.4 is 5.32 Å². The van der Waals surface area contributed by atoms with Crippen LogP contribution in [0.3, 0.4) is 0 Å². The largest absolute Gasteiger partial charge is 0.450 e. The molecule has 0 aliphatic carbocycles. The maximum atomic E-state index is 11.8. The van der Waals surface area contributed by atoms with Crippen LogP contribution in [0.15, 0.2) is 4.99 Å². The summed E-state index contributed by atoms with van der Waals surface area (Å²) in [6.45, 7) is 11.3. The zero-order valence-electron chi connectivity index (χ0n) is 15.6. The minimum Gasteiger partial charge on any atom is -0.450 e. The summed E-state index contributed by atoms with van der Waals surface area (Å²) in [6.07, 6.45) is -0.0732. The molecule has 0 aromatic rings. The summed E-state index contributed by atoms with van der Waals surface area (Å²) in [7, 11) is 2.11. The fourth-order valence-corrected chi connectivity index (χ4v) is 2.91. The van der Waals surface area contributed by atoms with E-state index in [0.717, 1.165) is 45.3 Å². The minimum atomic E-state index is -0.224. The van der Waals surface area contributed by atoms with Crippen molar-refractivity contribution in [2.24, 2.45) is 4.99 Å². The van der Waals surface area contributed by atoms with Crippen molar-refractivity contribution in [3.8, 4) is 0 Å². The molecule has 0 bridgehead atoms. The topological polar surface area (TPSA) is 69.6 Å². The van der Waals surface area contributed by atoms with Crippen LogP contribution in [0.25, 0.3) is 0 Å². The van der Waals surface area contributed by atoms with Gasteiger partial charge in [0.05, 0.1) is 25.9 Å². The molecule has 1 N–H and O–H groups in total. The third kappa shape index (κ3) is 7.14. The number of nitrogens with zero attached hydrogens (tertiary/aromatic N) is 4. The Bertz CT molecular complexity index is 430. The van der Waals surface area contributed by atoms with Crippen LogP contribution in [0.2, 0.25) is 0 Å². The zero-order chi connectivity index (χ0) is 17.4. The average Bonchev–Trinajstić information content (AvgIpc) is 2.59. The number of aliphatic imine (C=N–C) groups is 1. The molecule has 0 aromatic carbocycles. The molecule has 0 saturated carbocycles. The average molecular weight is 469 g/mol. The standard InChI is InChI=1S/C16H31N5O3.HI/c1-4-17-15(18-12-14-13-19(3)10-11-24-14)20-6-8-21(9-7-20)16(22)23-5-2;/h14H,4-13H2,1-3H3,(H,17,18);1H. The van der Waals surface area contributed by atoms with Crippen LogP contribution in [0.5, 0.6) is 0 Å². The molecule has 1 unspecified atom stereocenters. The van der Waals surface area contributed by atoms with E-state index in [1.807, 2.05) is 6.92 Å². The van der Waals surface area contributed by atoms with E-state index in [-0.39, 0.29) is 36.2 Å². The first kappa shape index (κ1) is 22.2. The number of carbonyl (C=O) groups is 1. The van der Waals surface area contributed by atoms with Gasteiger partial charge >= 0.3 is 6.09 Å². The lowest BCUT2D eigenvalue weighted by Crippen LogP contribution is -2.54. The van der Waals surface area contributed by atoms with Gasteiger partial charge in [0.2, 0.25) is 0 Å². The lowest BCUT2D eigenvalue weighted by Gasteiger charge is -2.36. The van der Waals surface area contributed by atoms with Gasteiger partial charge in [0.25, 0.3) is 0 Å². The summed E-state index contributed by atoms with van der Waals surface area (Å²) in [5, 5.41) is 3.34. The van der Waals surface area contributed by atoms with Gasteiger partial charge in [-0.15, -0.1) is 24.0 Å². The molecule has 1 atom stereocenters. The summed E-state index contributed by atoms with van der Waals surface area (Å²) < 4.78 is 10.8. The molecule has 146 valence electrons. The van der Waals surface area contributed by atoms with Crippen molar-refractivity contribution in [1.29, 1.82) is 0 Å². The Hall–Kier alpha value is -0.810. The lowest BCUT2D eigenvalue weighted by molar-refractivity contribution is -0.0137. The molecule has 8 nitrogen and oxygen atoms in total. The Morgan fingerprint density at radius 3 is 2.48 bits per heavy atom. The Morgan fingerprint density at radius 2 is 1.88 bits per heavy atom. The third-order valence-electron chi connectivity index (χ3n) is 4.23. The highest BCUT2D eigenvalue weighted by atomic mass is 127. The third-order valence-corrected chi connectivity index (χ3v) is 4.23. The summed E-state index contributed by atoms with van der Waals surface area (Å²) in [5.41, 5.74) is 0. The van der Waals surface area contributed by atoms with Gasteiger partial charge in [0.1, 0.15) is 0 Å². The van der Waals surface area contributed by atoms with E-state index < -0.39 is 0 Å². The zero-order valence-corrected chi connectivity index (χ0v) is 17.9. The van der Waals surface area contributed by atoms with E-state index in [2.05, 4.69) is 29.1 Å². The first-order valence-electron chi connectivity index (χ1n) is 8.89.